The molecule has 0 amide bonds. The molecule has 7 nitrogen and oxygen atoms in total. The van der Waals surface area contributed by atoms with Crippen molar-refractivity contribution >= 4 is 0 Å². The molecule has 0 saturated carbocycles. The Balaban J connectivity index is 1.99. The van der Waals surface area contributed by atoms with Gasteiger partial charge in [-0.05, 0) is 0 Å². The second-order valence-corrected chi connectivity index (χ2v) is 3.84. The van der Waals surface area contributed by atoms with E-state index in [1.54, 1.807) is 4.57 Å². The summed E-state index contributed by atoms with van der Waals surface area (Å²) in [5.74, 6) is 0.449. The van der Waals surface area contributed by atoms with Crippen LogP contribution in [0.2, 0.25) is 0 Å². The standard InChI is InChI=1S/C9H11N3O4/c10-5-1-6-12(3-11-5)9-8(16-6)7(14)4(2-13)15-9/h1,3-4,7-10,13-14H,2H2/t4-,7?,8-,9-/m1/s1. The lowest BCUT2D eigenvalue weighted by Crippen LogP contribution is -2.34. The van der Waals surface area contributed by atoms with Crippen LogP contribution in [-0.4, -0.2) is 44.7 Å². The van der Waals surface area contributed by atoms with Gasteiger partial charge in [-0.2, -0.15) is 0 Å². The molecule has 0 radical (unpaired) electrons. The number of fused-ring (bicyclic) bond motifs is 3. The third kappa shape index (κ3) is 1.19. The number of aromatic nitrogens is 2. The molecule has 0 aliphatic carbocycles. The van der Waals surface area contributed by atoms with Gasteiger partial charge in [0.05, 0.1) is 6.61 Å². The molecule has 1 aromatic heterocycles. The summed E-state index contributed by atoms with van der Waals surface area (Å²) < 4.78 is 12.5. The van der Waals surface area contributed by atoms with Gasteiger partial charge in [0.25, 0.3) is 0 Å². The lowest BCUT2D eigenvalue weighted by Gasteiger charge is -2.14. The molecule has 0 aromatic carbocycles. The molecule has 1 fully saturated rings. The van der Waals surface area contributed by atoms with Gasteiger partial charge in [-0.3, -0.25) is 9.98 Å². The maximum absolute atomic E-state index is 9.81. The smallest absolute Gasteiger partial charge is 0.201 e. The van der Waals surface area contributed by atoms with Gasteiger partial charge in [0.2, 0.25) is 5.88 Å². The number of ether oxygens (including phenoxy) is 2. The van der Waals surface area contributed by atoms with Crippen LogP contribution in [0.4, 0.5) is 0 Å². The molecule has 2 aliphatic rings. The van der Waals surface area contributed by atoms with Gasteiger partial charge in [-0.25, -0.2) is 4.98 Å². The number of aliphatic hydroxyl groups is 2. The van der Waals surface area contributed by atoms with Crippen LogP contribution in [0.5, 0.6) is 5.88 Å². The van der Waals surface area contributed by atoms with Crippen molar-refractivity contribution in [2.24, 2.45) is 0 Å². The van der Waals surface area contributed by atoms with Crippen molar-refractivity contribution in [3.8, 4) is 5.88 Å². The molecule has 3 heterocycles. The van der Waals surface area contributed by atoms with E-state index >= 15 is 0 Å². The number of nitrogens with zero attached hydrogens (tertiary/aromatic N) is 2. The summed E-state index contributed by atoms with van der Waals surface area (Å²) in [6.07, 6.45) is -1.08. The molecule has 1 saturated heterocycles. The fourth-order valence-corrected chi connectivity index (χ4v) is 2.06. The summed E-state index contributed by atoms with van der Waals surface area (Å²) >= 11 is 0. The summed E-state index contributed by atoms with van der Waals surface area (Å²) in [5.41, 5.74) is 0.0967. The minimum absolute atomic E-state index is 0.0967. The minimum Gasteiger partial charge on any atom is -0.468 e. The van der Waals surface area contributed by atoms with Crippen LogP contribution in [0, 0.1) is 5.41 Å². The third-order valence-corrected chi connectivity index (χ3v) is 2.86. The van der Waals surface area contributed by atoms with Crippen molar-refractivity contribution in [1.82, 2.24) is 9.55 Å². The zero-order valence-electron chi connectivity index (χ0n) is 8.28. The Morgan fingerprint density at radius 2 is 2.38 bits per heavy atom. The molecule has 16 heavy (non-hydrogen) atoms. The van der Waals surface area contributed by atoms with E-state index in [0.717, 1.165) is 0 Å². The molecule has 86 valence electrons. The van der Waals surface area contributed by atoms with E-state index in [9.17, 15) is 5.11 Å². The van der Waals surface area contributed by atoms with E-state index in [1.165, 1.54) is 12.4 Å². The van der Waals surface area contributed by atoms with Gasteiger partial charge in [-0.15, -0.1) is 0 Å². The summed E-state index contributed by atoms with van der Waals surface area (Å²) in [4.78, 5) is 3.81. The van der Waals surface area contributed by atoms with Crippen LogP contribution in [0.15, 0.2) is 12.4 Å². The Bertz CT molecular complexity index is 474. The third-order valence-electron chi connectivity index (χ3n) is 2.86. The van der Waals surface area contributed by atoms with Crippen LogP contribution in [0.3, 0.4) is 0 Å². The molecule has 0 bridgehead atoms. The van der Waals surface area contributed by atoms with Gasteiger partial charge >= 0.3 is 0 Å². The predicted octanol–water partition coefficient (Wildman–Crippen LogP) is -1.63. The fraction of sp³-hybridized carbons (Fsp3) is 0.556. The van der Waals surface area contributed by atoms with Crippen LogP contribution >= 0.6 is 0 Å². The second-order valence-electron chi connectivity index (χ2n) is 3.84. The Kier molecular flexibility index (Phi) is 2.00. The fourth-order valence-electron chi connectivity index (χ4n) is 2.06. The molecule has 1 aromatic rings. The second kappa shape index (κ2) is 3.27. The van der Waals surface area contributed by atoms with E-state index < -0.39 is 24.5 Å². The normalized spacial score (nSPS) is 35.6. The molecular weight excluding hydrogens is 214 g/mol. The number of rotatable bonds is 1. The minimum atomic E-state index is -0.871. The molecule has 3 N–H and O–H groups in total. The van der Waals surface area contributed by atoms with Gasteiger partial charge in [0.15, 0.2) is 17.8 Å². The highest BCUT2D eigenvalue weighted by Gasteiger charge is 2.50. The Morgan fingerprint density at radius 3 is 3.12 bits per heavy atom. The maximum atomic E-state index is 9.81. The molecule has 3 rings (SSSR count). The molecule has 7 heteroatoms. The molecule has 0 spiro atoms. The summed E-state index contributed by atoms with van der Waals surface area (Å²) in [7, 11) is 0. The largest absolute Gasteiger partial charge is 0.468 e. The van der Waals surface area contributed by atoms with Crippen LogP contribution in [0.1, 0.15) is 6.23 Å². The van der Waals surface area contributed by atoms with Crippen molar-refractivity contribution in [3.63, 3.8) is 0 Å². The number of nitrogens with one attached hydrogen (secondary N) is 1. The highest BCUT2D eigenvalue weighted by molar-refractivity contribution is 5.16. The first-order chi connectivity index (χ1) is 7.70. The molecule has 1 unspecified atom stereocenters. The average molecular weight is 225 g/mol. The Morgan fingerprint density at radius 1 is 1.56 bits per heavy atom. The summed E-state index contributed by atoms with van der Waals surface area (Å²) in [5, 5.41) is 26.1. The summed E-state index contributed by atoms with van der Waals surface area (Å²) in [6.45, 7) is -0.253. The first-order valence-corrected chi connectivity index (χ1v) is 4.94. The maximum Gasteiger partial charge on any atom is 0.201 e. The number of hydrogen-bond donors (Lipinski definition) is 3. The Hall–Kier alpha value is -1.44. The van der Waals surface area contributed by atoms with Gasteiger partial charge < -0.3 is 19.7 Å². The van der Waals surface area contributed by atoms with Crippen molar-refractivity contribution < 1.29 is 19.7 Å². The first-order valence-electron chi connectivity index (χ1n) is 4.94. The zero-order chi connectivity index (χ0) is 11.3. The van der Waals surface area contributed by atoms with Crippen molar-refractivity contribution in [2.75, 3.05) is 6.61 Å². The van der Waals surface area contributed by atoms with Gasteiger partial charge in [0, 0.05) is 6.07 Å². The predicted molar refractivity (Wildman–Crippen MR) is 49.5 cm³/mol. The number of aliphatic hydroxyl groups excluding tert-OH is 2. The van der Waals surface area contributed by atoms with Crippen molar-refractivity contribution in [2.45, 2.75) is 24.5 Å². The zero-order valence-corrected chi connectivity index (χ0v) is 8.28. The lowest BCUT2D eigenvalue weighted by molar-refractivity contribution is -0.0435. The highest BCUT2D eigenvalue weighted by atomic mass is 16.6. The quantitative estimate of drug-likeness (QED) is 0.533. The van der Waals surface area contributed by atoms with E-state index in [4.69, 9.17) is 20.0 Å². The lowest BCUT2D eigenvalue weighted by atomic mass is 10.1. The first kappa shape index (κ1) is 9.76. The van der Waals surface area contributed by atoms with Crippen LogP contribution in [0.25, 0.3) is 0 Å². The Labute approximate surface area is 90.4 Å². The monoisotopic (exact) mass is 225 g/mol. The van der Waals surface area contributed by atoms with Gasteiger partial charge in [0.1, 0.15) is 18.5 Å². The molecule has 4 atom stereocenters. The van der Waals surface area contributed by atoms with E-state index in [1.807, 2.05) is 0 Å². The molecule has 2 aliphatic heterocycles. The SMILES string of the molecule is N=c1cc2n(cn1)[C@@H]1O[C@H](CO)C(O)[C@H]1O2. The van der Waals surface area contributed by atoms with Crippen molar-refractivity contribution in [1.29, 1.82) is 5.41 Å². The highest BCUT2D eigenvalue weighted by Crippen LogP contribution is 2.39. The molecular formula is C9H11N3O4. The number of hydrogen-bond acceptors (Lipinski definition) is 6. The van der Waals surface area contributed by atoms with Crippen LogP contribution < -0.4 is 10.2 Å². The van der Waals surface area contributed by atoms with Crippen molar-refractivity contribution in [3.05, 3.63) is 17.9 Å². The van der Waals surface area contributed by atoms with Crippen LogP contribution in [-0.2, 0) is 4.74 Å². The topological polar surface area (TPSA) is 101 Å². The van der Waals surface area contributed by atoms with Gasteiger partial charge in [-0.1, -0.05) is 0 Å². The summed E-state index contributed by atoms with van der Waals surface area (Å²) in [6, 6.07) is 1.46. The van der Waals surface area contributed by atoms with E-state index in [0.29, 0.717) is 5.88 Å². The van der Waals surface area contributed by atoms with E-state index in [-0.39, 0.29) is 12.1 Å². The van der Waals surface area contributed by atoms with E-state index in [2.05, 4.69) is 4.98 Å². The average Bonchev–Trinajstić information content (AvgIpc) is 2.75.